The summed E-state index contributed by atoms with van der Waals surface area (Å²) < 4.78 is 7.99. The smallest absolute Gasteiger partial charge is 0.130 e. The summed E-state index contributed by atoms with van der Waals surface area (Å²) in [4.78, 5) is 0. The van der Waals surface area contributed by atoms with Crippen LogP contribution in [0.5, 0.6) is 5.75 Å². The molecule has 1 unspecified atom stereocenters. The molecular weight excluding hydrogens is 264 g/mol. The van der Waals surface area contributed by atoms with Gasteiger partial charge in [-0.05, 0) is 56.4 Å². The van der Waals surface area contributed by atoms with Crippen LogP contribution in [0.25, 0.3) is 0 Å². The van der Waals surface area contributed by atoms with Crippen molar-refractivity contribution in [3.05, 3.63) is 46.8 Å². The lowest BCUT2D eigenvalue weighted by Gasteiger charge is -2.23. The summed E-state index contributed by atoms with van der Waals surface area (Å²) in [7, 11) is 0. The van der Waals surface area contributed by atoms with Crippen molar-refractivity contribution in [3.63, 3.8) is 0 Å². The lowest BCUT2D eigenvalue weighted by atomic mass is 9.89. The number of aromatic nitrogens is 2. The second-order valence-corrected chi connectivity index (χ2v) is 5.61. The van der Waals surface area contributed by atoms with Crippen LogP contribution in [0, 0.1) is 6.92 Å². The first-order chi connectivity index (χ1) is 10.2. The van der Waals surface area contributed by atoms with Gasteiger partial charge in [0.1, 0.15) is 12.4 Å². The number of nitrogens with zero attached hydrogens (tertiary/aromatic N) is 2. The molecule has 112 valence electrons. The molecule has 1 aliphatic rings. The van der Waals surface area contributed by atoms with Gasteiger partial charge in [0.25, 0.3) is 0 Å². The molecule has 1 N–H and O–H groups in total. The van der Waals surface area contributed by atoms with Crippen LogP contribution in [0.15, 0.2) is 24.3 Å². The Morgan fingerprint density at radius 1 is 1.43 bits per heavy atom. The van der Waals surface area contributed by atoms with E-state index in [0.717, 1.165) is 54.1 Å². The molecule has 0 radical (unpaired) electrons. The molecule has 0 saturated heterocycles. The van der Waals surface area contributed by atoms with E-state index in [1.54, 1.807) is 0 Å². The van der Waals surface area contributed by atoms with Gasteiger partial charge in [-0.1, -0.05) is 12.1 Å². The molecule has 0 saturated carbocycles. The van der Waals surface area contributed by atoms with Crippen molar-refractivity contribution < 1.29 is 9.84 Å². The van der Waals surface area contributed by atoms with E-state index < -0.39 is 0 Å². The summed E-state index contributed by atoms with van der Waals surface area (Å²) in [5.74, 6) is 0.896. The molecular formula is C17H22N2O2. The number of benzene rings is 1. The van der Waals surface area contributed by atoms with E-state index in [1.807, 2.05) is 29.8 Å². The third-order valence-electron chi connectivity index (χ3n) is 4.09. The topological polar surface area (TPSA) is 47.3 Å². The molecule has 4 heteroatoms. The Morgan fingerprint density at radius 3 is 3.10 bits per heavy atom. The van der Waals surface area contributed by atoms with E-state index in [9.17, 15) is 5.11 Å². The van der Waals surface area contributed by atoms with Crippen molar-refractivity contribution in [1.82, 2.24) is 9.78 Å². The van der Waals surface area contributed by atoms with Gasteiger partial charge in [-0.15, -0.1) is 0 Å². The standard InChI is InChI=1S/C17H22N2O2/c1-3-19-13(10-12(2)18-19)11-21-17-9-5-6-14-15(17)7-4-8-16(14)20/h5-6,9-10,16,20H,3-4,7-8,11H2,1-2H3. The third kappa shape index (κ3) is 2.81. The van der Waals surface area contributed by atoms with Crippen molar-refractivity contribution >= 4 is 0 Å². The first-order valence-corrected chi connectivity index (χ1v) is 7.65. The van der Waals surface area contributed by atoms with E-state index in [2.05, 4.69) is 18.1 Å². The molecule has 21 heavy (non-hydrogen) atoms. The Hall–Kier alpha value is -1.81. The van der Waals surface area contributed by atoms with E-state index in [0.29, 0.717) is 6.61 Å². The lowest BCUT2D eigenvalue weighted by molar-refractivity contribution is 0.155. The van der Waals surface area contributed by atoms with Crippen LogP contribution in [-0.2, 0) is 19.6 Å². The molecule has 1 heterocycles. The van der Waals surface area contributed by atoms with Crippen LogP contribution in [0.4, 0.5) is 0 Å². The Labute approximate surface area is 125 Å². The van der Waals surface area contributed by atoms with Crippen molar-refractivity contribution in [1.29, 1.82) is 0 Å². The maximum absolute atomic E-state index is 10.1. The quantitative estimate of drug-likeness (QED) is 0.939. The second kappa shape index (κ2) is 5.90. The molecule has 0 bridgehead atoms. The monoisotopic (exact) mass is 286 g/mol. The highest BCUT2D eigenvalue weighted by molar-refractivity contribution is 5.42. The van der Waals surface area contributed by atoms with Gasteiger partial charge in [-0.3, -0.25) is 4.68 Å². The number of fused-ring (bicyclic) bond motifs is 1. The van der Waals surface area contributed by atoms with Crippen LogP contribution in [0.1, 0.15) is 48.4 Å². The number of hydrogen-bond donors (Lipinski definition) is 1. The molecule has 0 spiro atoms. The normalized spacial score (nSPS) is 17.6. The van der Waals surface area contributed by atoms with Crippen molar-refractivity contribution in [2.75, 3.05) is 0 Å². The number of aryl methyl sites for hydroxylation is 2. The van der Waals surface area contributed by atoms with E-state index in [4.69, 9.17) is 4.74 Å². The molecule has 1 aromatic heterocycles. The Kier molecular flexibility index (Phi) is 3.97. The molecule has 1 atom stereocenters. The summed E-state index contributed by atoms with van der Waals surface area (Å²) in [6, 6.07) is 8.03. The van der Waals surface area contributed by atoms with Crippen LogP contribution in [0.3, 0.4) is 0 Å². The number of aliphatic hydroxyl groups is 1. The highest BCUT2D eigenvalue weighted by Gasteiger charge is 2.21. The van der Waals surface area contributed by atoms with E-state index in [-0.39, 0.29) is 6.10 Å². The molecule has 4 nitrogen and oxygen atoms in total. The van der Waals surface area contributed by atoms with Crippen LogP contribution in [0.2, 0.25) is 0 Å². The summed E-state index contributed by atoms with van der Waals surface area (Å²) in [5.41, 5.74) is 4.29. The van der Waals surface area contributed by atoms with Crippen LogP contribution >= 0.6 is 0 Å². The Balaban J connectivity index is 1.81. The molecule has 0 amide bonds. The minimum Gasteiger partial charge on any atom is -0.487 e. The van der Waals surface area contributed by atoms with Crippen LogP contribution < -0.4 is 4.74 Å². The minimum atomic E-state index is -0.347. The van der Waals surface area contributed by atoms with Crippen molar-refractivity contribution in [3.8, 4) is 5.75 Å². The Bertz CT molecular complexity index is 634. The van der Waals surface area contributed by atoms with Gasteiger partial charge >= 0.3 is 0 Å². The molecule has 1 aromatic carbocycles. The summed E-state index contributed by atoms with van der Waals surface area (Å²) in [6.07, 6.45) is 2.49. The molecule has 0 fully saturated rings. The van der Waals surface area contributed by atoms with E-state index >= 15 is 0 Å². The summed E-state index contributed by atoms with van der Waals surface area (Å²) in [5, 5.41) is 14.5. The van der Waals surface area contributed by atoms with Gasteiger partial charge in [0, 0.05) is 6.54 Å². The van der Waals surface area contributed by atoms with Crippen LogP contribution in [-0.4, -0.2) is 14.9 Å². The fourth-order valence-corrected chi connectivity index (χ4v) is 3.07. The first kappa shape index (κ1) is 14.1. The predicted octanol–water partition coefficient (Wildman–Crippen LogP) is 3.16. The number of ether oxygens (including phenoxy) is 1. The van der Waals surface area contributed by atoms with Crippen molar-refractivity contribution in [2.45, 2.75) is 52.4 Å². The minimum absolute atomic E-state index is 0.347. The predicted molar refractivity (Wildman–Crippen MR) is 81.3 cm³/mol. The fourth-order valence-electron chi connectivity index (χ4n) is 3.07. The average Bonchev–Trinajstić information content (AvgIpc) is 2.86. The van der Waals surface area contributed by atoms with Gasteiger partial charge in [-0.25, -0.2) is 0 Å². The van der Waals surface area contributed by atoms with Gasteiger partial charge < -0.3 is 9.84 Å². The number of hydrogen-bond acceptors (Lipinski definition) is 3. The highest BCUT2D eigenvalue weighted by atomic mass is 16.5. The van der Waals surface area contributed by atoms with E-state index in [1.165, 1.54) is 0 Å². The maximum Gasteiger partial charge on any atom is 0.130 e. The van der Waals surface area contributed by atoms with Crippen molar-refractivity contribution in [2.24, 2.45) is 0 Å². The third-order valence-corrected chi connectivity index (χ3v) is 4.09. The number of rotatable bonds is 4. The molecule has 3 rings (SSSR count). The summed E-state index contributed by atoms with van der Waals surface area (Å²) in [6.45, 7) is 5.44. The lowest BCUT2D eigenvalue weighted by Crippen LogP contribution is -2.12. The number of aliphatic hydroxyl groups excluding tert-OH is 1. The molecule has 0 aliphatic heterocycles. The molecule has 2 aromatic rings. The average molecular weight is 286 g/mol. The highest BCUT2D eigenvalue weighted by Crippen LogP contribution is 2.35. The largest absolute Gasteiger partial charge is 0.487 e. The van der Waals surface area contributed by atoms with Gasteiger partial charge in [0.05, 0.1) is 17.5 Å². The first-order valence-electron chi connectivity index (χ1n) is 7.65. The second-order valence-electron chi connectivity index (χ2n) is 5.61. The zero-order valence-electron chi connectivity index (χ0n) is 12.7. The zero-order chi connectivity index (χ0) is 14.8. The maximum atomic E-state index is 10.1. The Morgan fingerprint density at radius 2 is 2.29 bits per heavy atom. The van der Waals surface area contributed by atoms with Gasteiger partial charge in [0.15, 0.2) is 0 Å². The molecule has 1 aliphatic carbocycles. The zero-order valence-corrected chi connectivity index (χ0v) is 12.7. The fraction of sp³-hybridized carbons (Fsp3) is 0.471. The SMILES string of the molecule is CCn1nc(C)cc1COc1cccc2c1CCCC2O. The van der Waals surface area contributed by atoms with Gasteiger partial charge in [0.2, 0.25) is 0 Å². The van der Waals surface area contributed by atoms with Gasteiger partial charge in [-0.2, -0.15) is 5.10 Å². The summed E-state index contributed by atoms with van der Waals surface area (Å²) >= 11 is 0.